The Kier molecular flexibility index (Phi) is 5.67. The molecule has 2 rings (SSSR count). The van der Waals surface area contributed by atoms with Crippen LogP contribution in [0.25, 0.3) is 0 Å². The van der Waals surface area contributed by atoms with Gasteiger partial charge in [0.15, 0.2) is 0 Å². The van der Waals surface area contributed by atoms with Crippen LogP contribution in [0.3, 0.4) is 0 Å². The zero-order chi connectivity index (χ0) is 14.4. The molecule has 6 heteroatoms. The van der Waals surface area contributed by atoms with Crippen LogP contribution in [0.4, 0.5) is 10.2 Å². The first-order valence-corrected chi connectivity index (χ1v) is 7.28. The predicted octanol–water partition coefficient (Wildman–Crippen LogP) is 1.34. The quantitative estimate of drug-likeness (QED) is 0.790. The highest BCUT2D eigenvalue weighted by Crippen LogP contribution is 2.16. The van der Waals surface area contributed by atoms with Crippen molar-refractivity contribution in [2.75, 3.05) is 31.7 Å². The smallest absolute Gasteiger partial charge is 0.148 e. The van der Waals surface area contributed by atoms with Crippen molar-refractivity contribution >= 4 is 5.82 Å². The molecule has 0 aromatic carbocycles. The summed E-state index contributed by atoms with van der Waals surface area (Å²) < 4.78 is 17.7. The predicted molar refractivity (Wildman–Crippen MR) is 76.8 cm³/mol. The van der Waals surface area contributed by atoms with Crippen LogP contribution >= 0.6 is 0 Å². The van der Waals surface area contributed by atoms with E-state index in [0.717, 1.165) is 43.1 Å². The summed E-state index contributed by atoms with van der Waals surface area (Å²) in [6.07, 6.45) is 3.49. The maximum Gasteiger partial charge on any atom is 0.148 e. The maximum atomic E-state index is 12.2. The Morgan fingerprint density at radius 1 is 1.40 bits per heavy atom. The number of alkyl halides is 1. The zero-order valence-electron chi connectivity index (χ0n) is 12.2. The van der Waals surface area contributed by atoms with E-state index < -0.39 is 6.67 Å². The van der Waals surface area contributed by atoms with E-state index >= 15 is 0 Å². The van der Waals surface area contributed by atoms with Crippen LogP contribution in [0.15, 0.2) is 6.20 Å². The lowest BCUT2D eigenvalue weighted by molar-refractivity contribution is 0.0515. The summed E-state index contributed by atoms with van der Waals surface area (Å²) in [5.74, 6) is 0.828. The Morgan fingerprint density at radius 2 is 2.25 bits per heavy atom. The molecule has 1 aromatic rings. The average Bonchev–Trinajstić information content (AvgIpc) is 2.92. The van der Waals surface area contributed by atoms with Crippen molar-refractivity contribution in [3.63, 3.8) is 0 Å². The molecule has 0 bridgehead atoms. The van der Waals surface area contributed by atoms with E-state index in [-0.39, 0.29) is 18.8 Å². The third kappa shape index (κ3) is 3.64. The van der Waals surface area contributed by atoms with E-state index in [9.17, 15) is 4.39 Å². The summed E-state index contributed by atoms with van der Waals surface area (Å²) in [6.45, 7) is 5.34. The van der Waals surface area contributed by atoms with E-state index in [1.54, 1.807) is 0 Å². The van der Waals surface area contributed by atoms with Crippen LogP contribution in [-0.4, -0.2) is 48.5 Å². The van der Waals surface area contributed by atoms with Crippen molar-refractivity contribution in [1.82, 2.24) is 15.3 Å². The lowest BCUT2D eigenvalue weighted by Gasteiger charge is -2.21. The molecule has 0 saturated carbocycles. The molecule has 1 aliphatic rings. The van der Waals surface area contributed by atoms with Crippen molar-refractivity contribution in [3.8, 4) is 0 Å². The number of ether oxygens (including phenoxy) is 1. The molecule has 1 aliphatic heterocycles. The Hall–Kier alpha value is -1.27. The minimum Gasteiger partial charge on any atom is -0.372 e. The fourth-order valence-electron chi connectivity index (χ4n) is 2.34. The Morgan fingerprint density at radius 3 is 2.95 bits per heavy atom. The number of aryl methyl sites for hydroxylation is 2. The second-order valence-corrected chi connectivity index (χ2v) is 4.87. The second kappa shape index (κ2) is 7.50. The fraction of sp³-hybridized carbons (Fsp3) is 0.714. The third-order valence-electron chi connectivity index (χ3n) is 3.49. The molecule has 0 amide bonds. The van der Waals surface area contributed by atoms with E-state index in [0.29, 0.717) is 0 Å². The van der Waals surface area contributed by atoms with Crippen molar-refractivity contribution < 1.29 is 9.13 Å². The second-order valence-electron chi connectivity index (χ2n) is 4.87. The molecule has 0 spiro atoms. The highest BCUT2D eigenvalue weighted by molar-refractivity contribution is 5.42. The fourth-order valence-corrected chi connectivity index (χ4v) is 2.34. The molecular weight excluding hydrogens is 259 g/mol. The van der Waals surface area contributed by atoms with Crippen molar-refractivity contribution in [2.24, 2.45) is 0 Å². The molecular formula is C14H23FN4O. The molecule has 5 nitrogen and oxygen atoms in total. The Bertz CT molecular complexity index is 430. The molecule has 1 aromatic heterocycles. The van der Waals surface area contributed by atoms with Crippen LogP contribution < -0.4 is 10.6 Å². The summed E-state index contributed by atoms with van der Waals surface area (Å²) in [7, 11) is 0. The SMILES string of the molecule is CCc1cnc(CC)c(N[C@@H]2CNC[C@@H]2OCCF)n1. The molecule has 1 fully saturated rings. The molecule has 112 valence electrons. The average molecular weight is 282 g/mol. The van der Waals surface area contributed by atoms with Gasteiger partial charge in [-0.15, -0.1) is 0 Å². The first kappa shape index (κ1) is 15.1. The third-order valence-corrected chi connectivity index (χ3v) is 3.49. The number of aromatic nitrogens is 2. The van der Waals surface area contributed by atoms with E-state index in [1.165, 1.54) is 0 Å². The van der Waals surface area contributed by atoms with Gasteiger partial charge in [0.1, 0.15) is 12.5 Å². The molecule has 2 atom stereocenters. The van der Waals surface area contributed by atoms with Crippen LogP contribution in [0.1, 0.15) is 25.2 Å². The number of nitrogens with zero attached hydrogens (tertiary/aromatic N) is 2. The Labute approximate surface area is 119 Å². The summed E-state index contributed by atoms with van der Waals surface area (Å²) in [6, 6.07) is 0.105. The topological polar surface area (TPSA) is 59.1 Å². The van der Waals surface area contributed by atoms with Crippen LogP contribution in [0, 0.1) is 0 Å². The number of hydrogen-bond acceptors (Lipinski definition) is 5. The number of hydrogen-bond donors (Lipinski definition) is 2. The van der Waals surface area contributed by atoms with Gasteiger partial charge in [0.2, 0.25) is 0 Å². The van der Waals surface area contributed by atoms with Gasteiger partial charge in [-0.05, 0) is 12.8 Å². The molecule has 0 unspecified atom stereocenters. The van der Waals surface area contributed by atoms with Gasteiger partial charge in [-0.2, -0.15) is 0 Å². The van der Waals surface area contributed by atoms with E-state index in [2.05, 4.69) is 34.4 Å². The van der Waals surface area contributed by atoms with Crippen LogP contribution in [-0.2, 0) is 17.6 Å². The lowest BCUT2D eigenvalue weighted by atomic mass is 10.2. The molecule has 0 radical (unpaired) electrons. The van der Waals surface area contributed by atoms with Gasteiger partial charge < -0.3 is 15.4 Å². The van der Waals surface area contributed by atoms with Gasteiger partial charge in [0, 0.05) is 19.3 Å². The molecule has 0 aliphatic carbocycles. The summed E-state index contributed by atoms with van der Waals surface area (Å²) in [4.78, 5) is 9.06. The van der Waals surface area contributed by atoms with E-state index in [1.807, 2.05) is 6.20 Å². The molecule has 2 N–H and O–H groups in total. The number of anilines is 1. The maximum absolute atomic E-state index is 12.2. The first-order valence-electron chi connectivity index (χ1n) is 7.28. The first-order chi connectivity index (χ1) is 9.78. The van der Waals surface area contributed by atoms with Gasteiger partial charge >= 0.3 is 0 Å². The van der Waals surface area contributed by atoms with E-state index in [4.69, 9.17) is 4.74 Å². The minimum atomic E-state index is -0.450. The largest absolute Gasteiger partial charge is 0.372 e. The standard InChI is InChI=1S/C14H23FN4O/c1-3-10-7-17-11(4-2)14(18-10)19-12-8-16-9-13(12)20-6-5-15/h7,12-13,16H,3-6,8-9H2,1-2H3,(H,18,19)/t12-,13+/m1/s1. The van der Waals surface area contributed by atoms with Crippen molar-refractivity contribution in [2.45, 2.75) is 38.8 Å². The number of halogens is 1. The normalized spacial score (nSPS) is 22.1. The van der Waals surface area contributed by atoms with Crippen molar-refractivity contribution in [1.29, 1.82) is 0 Å². The number of rotatable bonds is 7. The highest BCUT2D eigenvalue weighted by atomic mass is 19.1. The Balaban J connectivity index is 2.07. The molecule has 2 heterocycles. The molecule has 20 heavy (non-hydrogen) atoms. The monoisotopic (exact) mass is 282 g/mol. The highest BCUT2D eigenvalue weighted by Gasteiger charge is 2.28. The number of nitrogens with one attached hydrogen (secondary N) is 2. The van der Waals surface area contributed by atoms with Crippen LogP contribution in [0.2, 0.25) is 0 Å². The van der Waals surface area contributed by atoms with Gasteiger partial charge in [0.05, 0.1) is 30.1 Å². The van der Waals surface area contributed by atoms with Gasteiger partial charge in [-0.1, -0.05) is 13.8 Å². The van der Waals surface area contributed by atoms with Gasteiger partial charge in [0.25, 0.3) is 0 Å². The minimum absolute atomic E-state index is 0.0254. The lowest BCUT2D eigenvalue weighted by Crippen LogP contribution is -2.35. The van der Waals surface area contributed by atoms with Crippen molar-refractivity contribution in [3.05, 3.63) is 17.6 Å². The summed E-state index contributed by atoms with van der Waals surface area (Å²) in [5, 5.41) is 6.67. The summed E-state index contributed by atoms with van der Waals surface area (Å²) in [5.41, 5.74) is 1.93. The zero-order valence-corrected chi connectivity index (χ0v) is 12.2. The van der Waals surface area contributed by atoms with Crippen LogP contribution in [0.5, 0.6) is 0 Å². The molecule has 1 saturated heterocycles. The van der Waals surface area contributed by atoms with Gasteiger partial charge in [-0.3, -0.25) is 4.98 Å². The summed E-state index contributed by atoms with van der Waals surface area (Å²) >= 11 is 0. The van der Waals surface area contributed by atoms with Gasteiger partial charge in [-0.25, -0.2) is 9.37 Å².